The number of benzene rings is 1. The molecule has 2 rings (SSSR count). The van der Waals surface area contributed by atoms with Crippen LogP contribution in [0.5, 0.6) is 0 Å². The van der Waals surface area contributed by atoms with E-state index in [0.717, 1.165) is 14.5 Å². The molecule has 3 nitrogen and oxygen atoms in total. The molecule has 1 aliphatic heterocycles. The highest BCUT2D eigenvalue weighted by molar-refractivity contribution is 9.13. The van der Waals surface area contributed by atoms with Crippen LogP contribution in [0.4, 0.5) is 0 Å². The van der Waals surface area contributed by atoms with Gasteiger partial charge in [0.15, 0.2) is 0 Å². The molecule has 1 fully saturated rings. The summed E-state index contributed by atoms with van der Waals surface area (Å²) in [7, 11) is 0. The van der Waals surface area contributed by atoms with E-state index in [9.17, 15) is 4.79 Å². The molecule has 16 heavy (non-hydrogen) atoms. The molecular formula is C10H9Br2NO2S. The smallest absolute Gasteiger partial charge is 0.321 e. The number of carbonyl (C=O) groups is 1. The molecule has 0 amide bonds. The standard InChI is InChI=1S/C10H9Br2NO2S/c11-6-2-1-5(3-7(6)12)9-13-8(4-16-9)10(14)15/h1-3,8-9,13H,4H2,(H,14,15)/t8-,9?/m0/s1. The zero-order valence-corrected chi connectivity index (χ0v) is 12.1. The van der Waals surface area contributed by atoms with E-state index in [-0.39, 0.29) is 5.37 Å². The van der Waals surface area contributed by atoms with Crippen molar-refractivity contribution in [3.8, 4) is 0 Å². The van der Waals surface area contributed by atoms with E-state index in [1.165, 1.54) is 0 Å². The minimum atomic E-state index is -0.786. The molecule has 6 heteroatoms. The molecule has 2 N–H and O–H groups in total. The fourth-order valence-corrected chi connectivity index (χ4v) is 3.35. The zero-order valence-electron chi connectivity index (χ0n) is 8.11. The monoisotopic (exact) mass is 365 g/mol. The summed E-state index contributed by atoms with van der Waals surface area (Å²) >= 11 is 8.46. The minimum Gasteiger partial charge on any atom is -0.480 e. The van der Waals surface area contributed by atoms with Gasteiger partial charge in [0.05, 0.1) is 5.37 Å². The summed E-state index contributed by atoms with van der Waals surface area (Å²) in [4.78, 5) is 10.8. The highest BCUT2D eigenvalue weighted by Crippen LogP contribution is 2.35. The second kappa shape index (κ2) is 5.08. The van der Waals surface area contributed by atoms with Gasteiger partial charge >= 0.3 is 5.97 Å². The summed E-state index contributed by atoms with van der Waals surface area (Å²) < 4.78 is 1.97. The van der Waals surface area contributed by atoms with Gasteiger partial charge in [-0.2, -0.15) is 0 Å². The van der Waals surface area contributed by atoms with E-state index >= 15 is 0 Å². The quantitative estimate of drug-likeness (QED) is 0.844. The van der Waals surface area contributed by atoms with Crippen LogP contribution in [0.25, 0.3) is 0 Å². The van der Waals surface area contributed by atoms with Gasteiger partial charge in [-0.05, 0) is 49.6 Å². The number of thioether (sulfide) groups is 1. The van der Waals surface area contributed by atoms with E-state index in [2.05, 4.69) is 37.2 Å². The van der Waals surface area contributed by atoms with E-state index in [0.29, 0.717) is 5.75 Å². The maximum absolute atomic E-state index is 10.8. The summed E-state index contributed by atoms with van der Waals surface area (Å²) in [6.45, 7) is 0. The molecule has 0 bridgehead atoms. The van der Waals surface area contributed by atoms with Gasteiger partial charge in [-0.15, -0.1) is 11.8 Å². The molecule has 1 aromatic carbocycles. The fraction of sp³-hybridized carbons (Fsp3) is 0.300. The second-order valence-corrected chi connectivity index (χ2v) is 6.29. The summed E-state index contributed by atoms with van der Waals surface area (Å²) in [5.74, 6) is -0.181. The molecule has 1 aromatic rings. The molecule has 86 valence electrons. The van der Waals surface area contributed by atoms with Gasteiger partial charge in [0.25, 0.3) is 0 Å². The predicted octanol–water partition coefficient (Wildman–Crippen LogP) is 3.00. The highest BCUT2D eigenvalue weighted by Gasteiger charge is 2.30. The number of hydrogen-bond donors (Lipinski definition) is 2. The third kappa shape index (κ3) is 2.61. The average Bonchev–Trinajstić information content (AvgIpc) is 2.71. The van der Waals surface area contributed by atoms with Crippen LogP contribution in [0.2, 0.25) is 0 Å². The Morgan fingerprint density at radius 3 is 2.75 bits per heavy atom. The summed E-state index contributed by atoms with van der Waals surface area (Å²) in [5.41, 5.74) is 1.09. The number of carboxylic acids is 1. The molecule has 0 saturated carbocycles. The van der Waals surface area contributed by atoms with Crippen molar-refractivity contribution in [3.63, 3.8) is 0 Å². The van der Waals surface area contributed by atoms with E-state index in [4.69, 9.17) is 5.11 Å². The van der Waals surface area contributed by atoms with Crippen LogP contribution in [-0.4, -0.2) is 22.9 Å². The molecule has 2 atom stereocenters. The van der Waals surface area contributed by atoms with Gasteiger partial charge in [-0.1, -0.05) is 6.07 Å². The topological polar surface area (TPSA) is 49.3 Å². The van der Waals surface area contributed by atoms with Crippen molar-refractivity contribution in [1.29, 1.82) is 0 Å². The number of hydrogen-bond acceptors (Lipinski definition) is 3. The molecule has 1 heterocycles. The maximum Gasteiger partial charge on any atom is 0.321 e. The van der Waals surface area contributed by atoms with E-state index < -0.39 is 12.0 Å². The van der Waals surface area contributed by atoms with Gasteiger partial charge in [-0.3, -0.25) is 10.1 Å². The summed E-state index contributed by atoms with van der Waals surface area (Å²) in [5, 5.41) is 12.0. The Bertz CT molecular complexity index is 427. The average molecular weight is 367 g/mol. The van der Waals surface area contributed by atoms with Gasteiger partial charge in [0.1, 0.15) is 6.04 Å². The molecule has 0 spiro atoms. The third-order valence-electron chi connectivity index (χ3n) is 2.33. The van der Waals surface area contributed by atoms with Crippen molar-refractivity contribution in [3.05, 3.63) is 32.7 Å². The molecule has 1 unspecified atom stereocenters. The third-order valence-corrected chi connectivity index (χ3v) is 5.47. The number of nitrogens with one attached hydrogen (secondary N) is 1. The first-order valence-electron chi connectivity index (χ1n) is 4.63. The van der Waals surface area contributed by atoms with Crippen LogP contribution in [0.1, 0.15) is 10.9 Å². The number of rotatable bonds is 2. The highest BCUT2D eigenvalue weighted by atomic mass is 79.9. The Labute approximate surface area is 114 Å². The van der Waals surface area contributed by atoms with Gasteiger partial charge in [-0.25, -0.2) is 0 Å². The van der Waals surface area contributed by atoms with Crippen molar-refractivity contribution in [2.24, 2.45) is 0 Å². The fourth-order valence-electron chi connectivity index (χ4n) is 1.48. The van der Waals surface area contributed by atoms with Crippen molar-refractivity contribution in [2.45, 2.75) is 11.4 Å². The van der Waals surface area contributed by atoms with Crippen LogP contribution in [0.3, 0.4) is 0 Å². The Kier molecular flexibility index (Phi) is 3.94. The van der Waals surface area contributed by atoms with E-state index in [1.807, 2.05) is 18.2 Å². The van der Waals surface area contributed by atoms with Crippen molar-refractivity contribution < 1.29 is 9.90 Å². The first-order valence-corrected chi connectivity index (χ1v) is 7.27. The zero-order chi connectivity index (χ0) is 11.7. The maximum atomic E-state index is 10.8. The van der Waals surface area contributed by atoms with Crippen molar-refractivity contribution >= 4 is 49.6 Å². The number of aliphatic carboxylic acids is 1. The lowest BCUT2D eigenvalue weighted by atomic mass is 10.2. The van der Waals surface area contributed by atoms with Crippen LogP contribution < -0.4 is 5.32 Å². The molecule has 1 saturated heterocycles. The van der Waals surface area contributed by atoms with Gasteiger partial charge in [0.2, 0.25) is 0 Å². The van der Waals surface area contributed by atoms with Crippen LogP contribution >= 0.6 is 43.6 Å². The van der Waals surface area contributed by atoms with Crippen molar-refractivity contribution in [1.82, 2.24) is 5.32 Å². The van der Waals surface area contributed by atoms with Crippen molar-refractivity contribution in [2.75, 3.05) is 5.75 Å². The second-order valence-electron chi connectivity index (χ2n) is 3.44. The Morgan fingerprint density at radius 2 is 2.19 bits per heavy atom. The van der Waals surface area contributed by atoms with Gasteiger partial charge < -0.3 is 5.11 Å². The first-order chi connectivity index (χ1) is 7.58. The lowest BCUT2D eigenvalue weighted by Crippen LogP contribution is -2.33. The first kappa shape index (κ1) is 12.4. The van der Waals surface area contributed by atoms with Crippen LogP contribution in [0, 0.1) is 0 Å². The lowest BCUT2D eigenvalue weighted by Gasteiger charge is -2.12. The van der Waals surface area contributed by atoms with Gasteiger partial charge in [0, 0.05) is 14.7 Å². The number of carboxylic acid groups (broad SMARTS) is 1. The molecule has 0 aliphatic carbocycles. The largest absolute Gasteiger partial charge is 0.480 e. The lowest BCUT2D eigenvalue weighted by molar-refractivity contribution is -0.138. The predicted molar refractivity (Wildman–Crippen MR) is 71.6 cm³/mol. The molecular weight excluding hydrogens is 358 g/mol. The number of halogens is 2. The molecule has 1 aliphatic rings. The Morgan fingerprint density at radius 1 is 1.44 bits per heavy atom. The van der Waals surface area contributed by atoms with E-state index in [1.54, 1.807) is 11.8 Å². The normalized spacial score (nSPS) is 24.6. The SMILES string of the molecule is O=C(O)[C@@H]1CSC(c2ccc(Br)c(Br)c2)N1. The van der Waals surface area contributed by atoms with Crippen LogP contribution in [0.15, 0.2) is 27.1 Å². The Balaban J connectivity index is 2.14. The summed E-state index contributed by atoms with van der Waals surface area (Å²) in [6.07, 6.45) is 0. The minimum absolute atomic E-state index is 0.0606. The Hall–Kier alpha value is -0.0400. The summed E-state index contributed by atoms with van der Waals surface area (Å²) in [6, 6.07) is 5.50. The molecule has 0 aromatic heterocycles. The van der Waals surface area contributed by atoms with Crippen LogP contribution in [-0.2, 0) is 4.79 Å². The molecule has 0 radical (unpaired) electrons.